The third kappa shape index (κ3) is 2.51. The second kappa shape index (κ2) is 6.17. The van der Waals surface area contributed by atoms with Crippen molar-refractivity contribution in [3.05, 3.63) is 73.4 Å². The number of halogens is 1. The number of hydrogen-bond donors (Lipinski definition) is 1. The van der Waals surface area contributed by atoms with E-state index < -0.39 is 5.92 Å². The summed E-state index contributed by atoms with van der Waals surface area (Å²) >= 11 is 3.44. The second-order valence-corrected chi connectivity index (χ2v) is 6.51. The van der Waals surface area contributed by atoms with Gasteiger partial charge in [-0.15, -0.1) is 0 Å². The Balaban J connectivity index is 2.36. The van der Waals surface area contributed by atoms with Gasteiger partial charge in [-0.1, -0.05) is 28.1 Å². The number of rotatable bonds is 2. The van der Waals surface area contributed by atoms with Gasteiger partial charge in [0.2, 0.25) is 5.88 Å². The van der Waals surface area contributed by atoms with E-state index >= 15 is 0 Å². The van der Waals surface area contributed by atoms with Crippen LogP contribution in [0.1, 0.15) is 29.7 Å². The van der Waals surface area contributed by atoms with E-state index in [1.807, 2.05) is 38.1 Å². The third-order valence-electron chi connectivity index (χ3n) is 4.19. The molecule has 3 rings (SSSR count). The summed E-state index contributed by atoms with van der Waals surface area (Å²) < 4.78 is 8.13. The molecule has 0 aliphatic carbocycles. The molecular formula is C18H16BrN3O2. The zero-order valence-electron chi connectivity index (χ0n) is 13.3. The first kappa shape index (κ1) is 16.3. The van der Waals surface area contributed by atoms with E-state index in [4.69, 9.17) is 10.5 Å². The number of benzene rings is 1. The lowest BCUT2D eigenvalue weighted by molar-refractivity contribution is 0.388. The molecule has 1 atom stereocenters. The third-order valence-corrected chi connectivity index (χ3v) is 4.68. The summed E-state index contributed by atoms with van der Waals surface area (Å²) in [6, 6.07) is 11.4. The van der Waals surface area contributed by atoms with Crippen LogP contribution in [0.5, 0.6) is 5.75 Å². The first-order valence-corrected chi connectivity index (χ1v) is 8.34. The van der Waals surface area contributed by atoms with E-state index in [1.54, 1.807) is 10.6 Å². The number of nitriles is 1. The number of nitrogens with zero attached hydrogens (tertiary/aromatic N) is 2. The summed E-state index contributed by atoms with van der Waals surface area (Å²) in [5, 5.41) is 9.57. The van der Waals surface area contributed by atoms with Crippen LogP contribution in [0.2, 0.25) is 0 Å². The van der Waals surface area contributed by atoms with Crippen LogP contribution in [-0.4, -0.2) is 4.57 Å². The monoisotopic (exact) mass is 385 g/mol. The Morgan fingerprint density at radius 3 is 2.79 bits per heavy atom. The number of nitrogens with two attached hydrogens (primary N) is 1. The van der Waals surface area contributed by atoms with Crippen molar-refractivity contribution in [3.8, 4) is 11.8 Å². The molecule has 1 aromatic heterocycles. The fourth-order valence-electron chi connectivity index (χ4n) is 3.10. The van der Waals surface area contributed by atoms with Crippen molar-refractivity contribution in [1.82, 2.24) is 4.57 Å². The summed E-state index contributed by atoms with van der Waals surface area (Å²) in [5.41, 5.74) is 8.12. The van der Waals surface area contributed by atoms with Crippen molar-refractivity contribution in [2.24, 2.45) is 5.73 Å². The van der Waals surface area contributed by atoms with Crippen LogP contribution in [-0.2, 0) is 6.54 Å². The van der Waals surface area contributed by atoms with E-state index in [0.717, 1.165) is 15.7 Å². The molecule has 2 heterocycles. The molecule has 0 bridgehead atoms. The molecule has 0 amide bonds. The number of aryl methyl sites for hydroxylation is 1. The van der Waals surface area contributed by atoms with E-state index in [-0.39, 0.29) is 17.0 Å². The lowest BCUT2D eigenvalue weighted by atomic mass is 9.84. The van der Waals surface area contributed by atoms with Gasteiger partial charge < -0.3 is 15.0 Å². The maximum atomic E-state index is 13.0. The lowest BCUT2D eigenvalue weighted by Crippen LogP contribution is -2.32. The van der Waals surface area contributed by atoms with Gasteiger partial charge in [0, 0.05) is 22.8 Å². The minimum atomic E-state index is -0.540. The van der Waals surface area contributed by atoms with Gasteiger partial charge in [0.05, 0.1) is 11.5 Å². The largest absolute Gasteiger partial charge is 0.440 e. The minimum Gasteiger partial charge on any atom is -0.440 e. The molecule has 2 N–H and O–H groups in total. The van der Waals surface area contributed by atoms with Crippen LogP contribution in [0.15, 0.2) is 51.1 Å². The predicted molar refractivity (Wildman–Crippen MR) is 94.6 cm³/mol. The summed E-state index contributed by atoms with van der Waals surface area (Å²) in [5.74, 6) is -0.0751. The normalized spacial score (nSPS) is 16.3. The van der Waals surface area contributed by atoms with Crippen molar-refractivity contribution in [1.29, 1.82) is 5.26 Å². The summed E-state index contributed by atoms with van der Waals surface area (Å²) in [6.45, 7) is 4.31. The molecular weight excluding hydrogens is 370 g/mol. The van der Waals surface area contributed by atoms with Crippen LogP contribution in [0.25, 0.3) is 0 Å². The Hall–Kier alpha value is -2.52. The van der Waals surface area contributed by atoms with Crippen LogP contribution in [0.3, 0.4) is 0 Å². The fourth-order valence-corrected chi connectivity index (χ4v) is 3.52. The highest BCUT2D eigenvalue weighted by molar-refractivity contribution is 9.10. The number of aromatic nitrogens is 1. The highest BCUT2D eigenvalue weighted by Gasteiger charge is 2.34. The Labute approximate surface area is 148 Å². The zero-order valence-corrected chi connectivity index (χ0v) is 14.9. The van der Waals surface area contributed by atoms with Crippen molar-refractivity contribution < 1.29 is 4.74 Å². The maximum Gasteiger partial charge on any atom is 0.258 e. The molecule has 1 aliphatic heterocycles. The smallest absolute Gasteiger partial charge is 0.258 e. The molecule has 6 heteroatoms. The van der Waals surface area contributed by atoms with Gasteiger partial charge in [0.15, 0.2) is 0 Å². The predicted octanol–water partition coefficient (Wildman–Crippen LogP) is 3.16. The second-order valence-electron chi connectivity index (χ2n) is 5.59. The van der Waals surface area contributed by atoms with Gasteiger partial charge in [-0.2, -0.15) is 5.26 Å². The molecule has 5 nitrogen and oxygen atoms in total. The number of pyridine rings is 1. The average molecular weight is 386 g/mol. The first-order valence-electron chi connectivity index (χ1n) is 7.55. The van der Waals surface area contributed by atoms with Crippen molar-refractivity contribution in [2.75, 3.05) is 0 Å². The van der Waals surface area contributed by atoms with Gasteiger partial charge >= 0.3 is 0 Å². The van der Waals surface area contributed by atoms with Crippen LogP contribution < -0.4 is 16.0 Å². The molecule has 1 aliphatic rings. The molecule has 0 fully saturated rings. The number of allylic oxidation sites excluding steroid dienone is 1. The topological polar surface area (TPSA) is 81.0 Å². The van der Waals surface area contributed by atoms with Crippen LogP contribution >= 0.6 is 15.9 Å². The summed E-state index contributed by atoms with van der Waals surface area (Å²) in [6.07, 6.45) is 0. The van der Waals surface area contributed by atoms with Gasteiger partial charge in [-0.25, -0.2) is 0 Å². The molecule has 2 aromatic rings. The van der Waals surface area contributed by atoms with Gasteiger partial charge in [0.25, 0.3) is 5.56 Å². The fraction of sp³-hybridized carbons (Fsp3) is 0.222. The SMILES string of the molecule is CCn1c(C)cc2c(c1=O)[C@@H](c1cccc(Br)c1)C(C#N)=C(N)O2. The van der Waals surface area contributed by atoms with E-state index in [9.17, 15) is 10.1 Å². The highest BCUT2D eigenvalue weighted by Crippen LogP contribution is 2.40. The minimum absolute atomic E-state index is 0.0445. The Morgan fingerprint density at radius 2 is 2.17 bits per heavy atom. The van der Waals surface area contributed by atoms with Gasteiger partial charge in [-0.3, -0.25) is 4.79 Å². The van der Waals surface area contributed by atoms with Crippen LogP contribution in [0, 0.1) is 18.3 Å². The van der Waals surface area contributed by atoms with Crippen molar-refractivity contribution >= 4 is 15.9 Å². The summed E-state index contributed by atoms with van der Waals surface area (Å²) in [7, 11) is 0. The number of ether oxygens (including phenoxy) is 1. The first-order chi connectivity index (χ1) is 11.5. The molecule has 0 saturated heterocycles. The van der Waals surface area contributed by atoms with E-state index in [2.05, 4.69) is 22.0 Å². The standard InChI is InChI=1S/C18H16BrN3O2/c1-3-22-10(2)7-14-16(18(22)23)15(13(9-20)17(21)24-14)11-5-4-6-12(19)8-11/h4-8,15H,3,21H2,1-2H3/t15-/m0/s1. The average Bonchev–Trinajstić information content (AvgIpc) is 2.54. The summed E-state index contributed by atoms with van der Waals surface area (Å²) in [4.78, 5) is 13.0. The van der Waals surface area contributed by atoms with E-state index in [1.165, 1.54) is 0 Å². The molecule has 1 aromatic carbocycles. The van der Waals surface area contributed by atoms with Gasteiger partial charge in [0.1, 0.15) is 17.4 Å². The number of hydrogen-bond acceptors (Lipinski definition) is 4. The Bertz CT molecular complexity index is 954. The Morgan fingerprint density at radius 1 is 1.42 bits per heavy atom. The van der Waals surface area contributed by atoms with Crippen molar-refractivity contribution in [3.63, 3.8) is 0 Å². The van der Waals surface area contributed by atoms with Crippen molar-refractivity contribution in [2.45, 2.75) is 26.3 Å². The molecule has 24 heavy (non-hydrogen) atoms. The molecule has 0 radical (unpaired) electrons. The molecule has 0 saturated carbocycles. The molecule has 0 spiro atoms. The maximum absolute atomic E-state index is 13.0. The lowest BCUT2D eigenvalue weighted by Gasteiger charge is -2.27. The zero-order chi connectivity index (χ0) is 17.4. The van der Waals surface area contributed by atoms with Crippen LogP contribution in [0.4, 0.5) is 0 Å². The quantitative estimate of drug-likeness (QED) is 0.860. The molecule has 0 unspecified atom stereocenters. The highest BCUT2D eigenvalue weighted by atomic mass is 79.9. The number of fused-ring (bicyclic) bond motifs is 1. The molecule has 122 valence electrons. The Kier molecular flexibility index (Phi) is 4.20. The van der Waals surface area contributed by atoms with Gasteiger partial charge in [-0.05, 0) is 31.5 Å². The van der Waals surface area contributed by atoms with E-state index in [0.29, 0.717) is 17.9 Å².